The highest BCUT2D eigenvalue weighted by atomic mass is 32.2. The number of thioether (sulfide) groups is 1. The molecule has 0 fully saturated rings. The van der Waals surface area contributed by atoms with E-state index in [0.717, 1.165) is 29.3 Å². The molecule has 3 rings (SSSR count). The average molecular weight is 372 g/mol. The summed E-state index contributed by atoms with van der Waals surface area (Å²) in [5.41, 5.74) is 2.34. The summed E-state index contributed by atoms with van der Waals surface area (Å²) in [6.07, 6.45) is 3.43. The van der Waals surface area contributed by atoms with Crippen LogP contribution in [-0.2, 0) is 13.6 Å². The summed E-state index contributed by atoms with van der Waals surface area (Å²) >= 11 is 1.64. The van der Waals surface area contributed by atoms with Crippen molar-refractivity contribution < 1.29 is 0 Å². The molecule has 0 bridgehead atoms. The van der Waals surface area contributed by atoms with Crippen LogP contribution in [-0.4, -0.2) is 24.9 Å². The number of aromatic nitrogens is 4. The molecule has 0 spiro atoms. The van der Waals surface area contributed by atoms with Gasteiger partial charge in [0.1, 0.15) is 0 Å². The van der Waals surface area contributed by atoms with Crippen LogP contribution in [0.15, 0.2) is 39.0 Å². The van der Waals surface area contributed by atoms with Gasteiger partial charge >= 0.3 is 5.69 Å². The first-order chi connectivity index (χ1) is 12.5. The zero-order valence-corrected chi connectivity index (χ0v) is 16.2. The Hall–Kier alpha value is -2.28. The van der Waals surface area contributed by atoms with E-state index in [-0.39, 0.29) is 5.56 Å². The first-order valence-electron chi connectivity index (χ1n) is 8.89. The molecule has 3 aromatic rings. The van der Waals surface area contributed by atoms with Gasteiger partial charge in [-0.2, -0.15) is 0 Å². The molecule has 0 atom stereocenters. The molecule has 138 valence electrons. The number of hydrogen-bond donors (Lipinski definition) is 1. The van der Waals surface area contributed by atoms with Crippen LogP contribution >= 0.6 is 11.8 Å². The molecule has 6 nitrogen and oxygen atoms in total. The number of aromatic amines is 1. The molecular formula is C19H24N4O2S. The lowest BCUT2D eigenvalue weighted by Gasteiger charge is -2.09. The molecule has 0 aliphatic heterocycles. The van der Waals surface area contributed by atoms with Crippen LogP contribution in [0, 0.1) is 6.92 Å². The number of unbranched alkanes of at least 4 members (excludes halogenated alkanes) is 2. The second kappa shape index (κ2) is 7.95. The number of fused-ring (bicyclic) bond motifs is 1. The van der Waals surface area contributed by atoms with E-state index in [1.54, 1.807) is 18.8 Å². The molecule has 0 amide bonds. The van der Waals surface area contributed by atoms with E-state index in [1.807, 2.05) is 29.7 Å². The molecule has 0 aliphatic rings. The van der Waals surface area contributed by atoms with Crippen molar-refractivity contribution in [3.8, 4) is 0 Å². The molecule has 2 heterocycles. The van der Waals surface area contributed by atoms with Crippen molar-refractivity contribution >= 4 is 22.9 Å². The van der Waals surface area contributed by atoms with Crippen molar-refractivity contribution in [2.45, 2.75) is 44.8 Å². The van der Waals surface area contributed by atoms with Crippen LogP contribution in [0.4, 0.5) is 0 Å². The Morgan fingerprint density at radius 1 is 1.23 bits per heavy atom. The summed E-state index contributed by atoms with van der Waals surface area (Å²) in [6.45, 7) is 4.77. The fourth-order valence-corrected chi connectivity index (χ4v) is 3.97. The lowest BCUT2D eigenvalue weighted by atomic mass is 10.1. The van der Waals surface area contributed by atoms with Gasteiger partial charge < -0.3 is 4.57 Å². The highest BCUT2D eigenvalue weighted by Crippen LogP contribution is 2.24. The molecule has 7 heteroatoms. The monoisotopic (exact) mass is 372 g/mol. The Morgan fingerprint density at radius 2 is 2.04 bits per heavy atom. The Bertz CT molecular complexity index is 1030. The van der Waals surface area contributed by atoms with Gasteiger partial charge in [0, 0.05) is 12.8 Å². The number of hydrogen-bond acceptors (Lipinski definition) is 4. The maximum absolute atomic E-state index is 12.5. The number of rotatable bonds is 7. The first kappa shape index (κ1) is 18.5. The Kier molecular flexibility index (Phi) is 5.66. The lowest BCUT2D eigenvalue weighted by molar-refractivity contribution is 0.724. The van der Waals surface area contributed by atoms with Gasteiger partial charge in [0.05, 0.1) is 6.54 Å². The summed E-state index contributed by atoms with van der Waals surface area (Å²) < 4.78 is 3.33. The number of aryl methyl sites for hydroxylation is 2. The van der Waals surface area contributed by atoms with Gasteiger partial charge in [-0.25, -0.2) is 9.78 Å². The van der Waals surface area contributed by atoms with Crippen molar-refractivity contribution in [2.24, 2.45) is 7.05 Å². The van der Waals surface area contributed by atoms with Gasteiger partial charge in [-0.15, -0.1) is 0 Å². The molecule has 0 radical (unpaired) electrons. The third-order valence-electron chi connectivity index (χ3n) is 4.37. The van der Waals surface area contributed by atoms with E-state index in [9.17, 15) is 9.59 Å². The molecule has 0 saturated carbocycles. The van der Waals surface area contributed by atoms with Gasteiger partial charge in [0.25, 0.3) is 5.56 Å². The minimum atomic E-state index is -0.440. The predicted octanol–water partition coefficient (Wildman–Crippen LogP) is 3.06. The van der Waals surface area contributed by atoms with E-state index >= 15 is 0 Å². The third kappa shape index (κ3) is 3.77. The largest absolute Gasteiger partial charge is 0.329 e. The molecule has 2 aromatic heterocycles. The van der Waals surface area contributed by atoms with Crippen LogP contribution in [0.2, 0.25) is 0 Å². The van der Waals surface area contributed by atoms with Crippen LogP contribution in [0.3, 0.4) is 0 Å². The van der Waals surface area contributed by atoms with Crippen molar-refractivity contribution in [3.63, 3.8) is 0 Å². The zero-order valence-electron chi connectivity index (χ0n) is 15.4. The topological polar surface area (TPSA) is 72.7 Å². The number of nitrogens with one attached hydrogen (secondary N) is 1. The van der Waals surface area contributed by atoms with Crippen molar-refractivity contribution in [2.75, 3.05) is 5.75 Å². The van der Waals surface area contributed by atoms with Crippen LogP contribution < -0.4 is 11.2 Å². The summed E-state index contributed by atoms with van der Waals surface area (Å²) in [5, 5.41) is 0.782. The Balaban J connectivity index is 2.08. The molecule has 1 aromatic carbocycles. The standard InChI is InChI=1S/C19H24N4O2S/c1-4-5-6-10-26-19-20-16-15(17(24)21-18(25)22(16)3)23(19)12-14-9-7-8-13(2)11-14/h7-9,11H,4-6,10,12H2,1-3H3,(H,21,24,25). The summed E-state index contributed by atoms with van der Waals surface area (Å²) in [7, 11) is 1.64. The van der Waals surface area contributed by atoms with Crippen LogP contribution in [0.25, 0.3) is 11.2 Å². The minimum absolute atomic E-state index is 0.385. The summed E-state index contributed by atoms with van der Waals surface area (Å²) in [4.78, 5) is 31.4. The first-order valence-corrected chi connectivity index (χ1v) is 9.87. The van der Waals surface area contributed by atoms with Crippen molar-refractivity contribution in [1.29, 1.82) is 0 Å². The number of H-pyrrole nitrogens is 1. The van der Waals surface area contributed by atoms with Gasteiger partial charge in [0.15, 0.2) is 16.3 Å². The second-order valence-electron chi connectivity index (χ2n) is 6.52. The quantitative estimate of drug-likeness (QED) is 0.511. The van der Waals surface area contributed by atoms with E-state index in [2.05, 4.69) is 23.0 Å². The number of benzene rings is 1. The maximum Gasteiger partial charge on any atom is 0.329 e. The van der Waals surface area contributed by atoms with Gasteiger partial charge in [0.2, 0.25) is 0 Å². The molecule has 1 N–H and O–H groups in total. The molecular weight excluding hydrogens is 348 g/mol. The molecule has 0 saturated heterocycles. The molecule has 0 aliphatic carbocycles. The Morgan fingerprint density at radius 3 is 2.77 bits per heavy atom. The normalized spacial score (nSPS) is 11.3. The van der Waals surface area contributed by atoms with Crippen molar-refractivity contribution in [3.05, 3.63) is 56.2 Å². The van der Waals surface area contributed by atoms with Crippen LogP contribution in [0.5, 0.6) is 0 Å². The molecule has 0 unspecified atom stereocenters. The highest BCUT2D eigenvalue weighted by molar-refractivity contribution is 7.99. The number of nitrogens with zero attached hydrogens (tertiary/aromatic N) is 3. The van der Waals surface area contributed by atoms with Gasteiger partial charge in [-0.3, -0.25) is 14.3 Å². The maximum atomic E-state index is 12.5. The highest BCUT2D eigenvalue weighted by Gasteiger charge is 2.17. The van der Waals surface area contributed by atoms with Crippen LogP contribution in [0.1, 0.15) is 37.3 Å². The molecule has 26 heavy (non-hydrogen) atoms. The minimum Gasteiger partial charge on any atom is -0.309 e. The van der Waals surface area contributed by atoms with E-state index in [0.29, 0.717) is 17.7 Å². The summed E-state index contributed by atoms with van der Waals surface area (Å²) in [5.74, 6) is 0.941. The van der Waals surface area contributed by atoms with E-state index in [1.165, 1.54) is 16.6 Å². The fourth-order valence-electron chi connectivity index (χ4n) is 2.98. The fraction of sp³-hybridized carbons (Fsp3) is 0.421. The third-order valence-corrected chi connectivity index (χ3v) is 5.44. The lowest BCUT2D eigenvalue weighted by Crippen LogP contribution is -2.29. The predicted molar refractivity (Wildman–Crippen MR) is 106 cm³/mol. The second-order valence-corrected chi connectivity index (χ2v) is 7.58. The smallest absolute Gasteiger partial charge is 0.309 e. The van der Waals surface area contributed by atoms with Gasteiger partial charge in [-0.1, -0.05) is 61.4 Å². The average Bonchev–Trinajstić information content (AvgIpc) is 2.96. The summed E-state index contributed by atoms with van der Waals surface area (Å²) in [6, 6.07) is 8.21. The van der Waals surface area contributed by atoms with Gasteiger partial charge in [-0.05, 0) is 18.9 Å². The zero-order chi connectivity index (χ0) is 18.7. The van der Waals surface area contributed by atoms with E-state index in [4.69, 9.17) is 0 Å². The Labute approximate surface area is 156 Å². The SMILES string of the molecule is CCCCCSc1nc2c(c(=O)[nH]c(=O)n2C)n1Cc1cccc(C)c1. The van der Waals surface area contributed by atoms with E-state index < -0.39 is 5.69 Å². The van der Waals surface area contributed by atoms with Crippen molar-refractivity contribution in [1.82, 2.24) is 19.1 Å². The number of imidazole rings is 1.